The van der Waals surface area contributed by atoms with E-state index in [1.165, 1.54) is 22.5 Å². The highest BCUT2D eigenvalue weighted by molar-refractivity contribution is 7.16. The summed E-state index contributed by atoms with van der Waals surface area (Å²) < 4.78 is 5.45. The van der Waals surface area contributed by atoms with Crippen molar-refractivity contribution in [2.45, 2.75) is 45.8 Å². The predicted octanol–water partition coefficient (Wildman–Crippen LogP) is 5.33. The number of hydrogen-bond acceptors (Lipinski definition) is 8. The number of methoxy groups -OCH3 is 1. The van der Waals surface area contributed by atoms with Crippen molar-refractivity contribution in [2.24, 2.45) is 0 Å². The number of thiazole rings is 1. The Hall–Kier alpha value is -2.73. The van der Waals surface area contributed by atoms with Gasteiger partial charge in [0.05, 0.1) is 24.5 Å². The fraction of sp³-hybridized carbons (Fsp3) is 0.391. The molecule has 9 heteroatoms. The van der Waals surface area contributed by atoms with Crippen molar-refractivity contribution in [2.75, 3.05) is 23.9 Å². The molecule has 0 saturated carbocycles. The Morgan fingerprint density at radius 3 is 2.72 bits per heavy atom. The van der Waals surface area contributed by atoms with Crippen molar-refractivity contribution in [3.8, 4) is 6.07 Å². The lowest BCUT2D eigenvalue weighted by Crippen LogP contribution is -2.26. The first-order valence-electron chi connectivity index (χ1n) is 10.5. The molecular weight excluding hydrogens is 444 g/mol. The molecule has 32 heavy (non-hydrogen) atoms. The quantitative estimate of drug-likeness (QED) is 0.499. The number of nitrogens with zero attached hydrogens (tertiary/aromatic N) is 5. The van der Waals surface area contributed by atoms with Gasteiger partial charge in [0.25, 0.3) is 0 Å². The van der Waals surface area contributed by atoms with Crippen LogP contribution >= 0.6 is 23.7 Å². The first kappa shape index (κ1) is 23.9. The van der Waals surface area contributed by atoms with Crippen LogP contribution < -0.4 is 10.2 Å². The van der Waals surface area contributed by atoms with Gasteiger partial charge in [0.1, 0.15) is 16.8 Å². The van der Waals surface area contributed by atoms with Crippen LogP contribution in [0.25, 0.3) is 0 Å². The van der Waals surface area contributed by atoms with E-state index in [1.807, 2.05) is 0 Å². The Morgan fingerprint density at radius 1 is 1.28 bits per heavy atom. The third-order valence-electron chi connectivity index (χ3n) is 5.53. The minimum Gasteiger partial charge on any atom is -0.378 e. The molecule has 0 aliphatic carbocycles. The monoisotopic (exact) mass is 470 g/mol. The van der Waals surface area contributed by atoms with E-state index in [1.54, 1.807) is 13.3 Å². The molecule has 1 aliphatic rings. The molecule has 0 amide bonds. The van der Waals surface area contributed by atoms with Gasteiger partial charge >= 0.3 is 0 Å². The van der Waals surface area contributed by atoms with Gasteiger partial charge in [-0.3, -0.25) is 0 Å². The largest absolute Gasteiger partial charge is 0.378 e. The molecule has 2 aromatic heterocycles. The average molecular weight is 471 g/mol. The van der Waals surface area contributed by atoms with Crippen molar-refractivity contribution in [3.05, 3.63) is 57.7 Å². The second kappa shape index (κ2) is 10.7. The van der Waals surface area contributed by atoms with E-state index in [2.05, 4.69) is 59.4 Å². The number of aromatic nitrogens is 3. The normalized spacial score (nSPS) is 15.3. The minimum atomic E-state index is 0. The van der Waals surface area contributed by atoms with Crippen LogP contribution in [0.15, 0.2) is 30.5 Å². The van der Waals surface area contributed by atoms with E-state index in [4.69, 9.17) is 20.0 Å². The number of rotatable bonds is 7. The highest BCUT2D eigenvalue weighted by Gasteiger charge is 2.29. The van der Waals surface area contributed by atoms with Crippen molar-refractivity contribution in [3.63, 3.8) is 0 Å². The summed E-state index contributed by atoms with van der Waals surface area (Å²) in [5, 5.41) is 13.1. The maximum absolute atomic E-state index is 9.12. The van der Waals surface area contributed by atoms with E-state index < -0.39 is 0 Å². The van der Waals surface area contributed by atoms with Crippen molar-refractivity contribution >= 4 is 40.6 Å². The Kier molecular flexibility index (Phi) is 8.02. The summed E-state index contributed by atoms with van der Waals surface area (Å²) in [5.74, 6) is 1.43. The molecule has 7 nitrogen and oxygen atoms in total. The summed E-state index contributed by atoms with van der Waals surface area (Å²) in [4.78, 5) is 17.0. The molecule has 0 unspecified atom stereocenters. The van der Waals surface area contributed by atoms with E-state index in [0.717, 1.165) is 42.9 Å². The number of anilines is 3. The third kappa shape index (κ3) is 5.01. The molecule has 1 N–H and O–H groups in total. The lowest BCUT2D eigenvalue weighted by atomic mass is 10.0. The number of halogens is 1. The van der Waals surface area contributed by atoms with Crippen molar-refractivity contribution in [1.82, 2.24) is 15.0 Å². The fourth-order valence-corrected chi connectivity index (χ4v) is 4.62. The smallest absolute Gasteiger partial charge is 0.228 e. The van der Waals surface area contributed by atoms with Crippen molar-refractivity contribution < 1.29 is 4.74 Å². The predicted molar refractivity (Wildman–Crippen MR) is 130 cm³/mol. The van der Waals surface area contributed by atoms with E-state index in [-0.39, 0.29) is 18.4 Å². The Bertz CT molecular complexity index is 1090. The molecule has 4 rings (SSSR count). The maximum atomic E-state index is 9.12. The number of nitriles is 1. The summed E-state index contributed by atoms with van der Waals surface area (Å²) in [6.45, 7) is 5.51. The van der Waals surface area contributed by atoms with E-state index >= 15 is 0 Å². The first-order chi connectivity index (χ1) is 15.1. The molecule has 1 aromatic carbocycles. The molecule has 3 aromatic rings. The number of ether oxygens (including phenoxy) is 1. The van der Waals surface area contributed by atoms with Gasteiger partial charge in [0.15, 0.2) is 5.13 Å². The van der Waals surface area contributed by atoms with Crippen LogP contribution in [0.2, 0.25) is 0 Å². The summed E-state index contributed by atoms with van der Waals surface area (Å²) in [5.41, 5.74) is 4.42. The SMILES string of the molecule is CCc1c(COC)nc(N2CCC[C@H]2c2ccc(C)cc2)nc1Nc1ncc(C#N)s1.Cl. The maximum Gasteiger partial charge on any atom is 0.228 e. The number of aryl methyl sites for hydroxylation is 1. The molecule has 3 heterocycles. The highest BCUT2D eigenvalue weighted by atomic mass is 35.5. The molecule has 168 valence electrons. The summed E-state index contributed by atoms with van der Waals surface area (Å²) >= 11 is 1.31. The van der Waals surface area contributed by atoms with E-state index in [9.17, 15) is 0 Å². The molecule has 1 atom stereocenters. The van der Waals surface area contributed by atoms with Crippen LogP contribution in [0.4, 0.5) is 16.9 Å². The summed E-state index contributed by atoms with van der Waals surface area (Å²) in [6.07, 6.45) is 4.50. The second-order valence-corrected chi connectivity index (χ2v) is 8.64. The van der Waals surface area contributed by atoms with Crippen LogP contribution in [0.3, 0.4) is 0 Å². The van der Waals surface area contributed by atoms with Gasteiger partial charge in [-0.2, -0.15) is 10.2 Å². The molecule has 0 spiro atoms. The van der Waals surface area contributed by atoms with Gasteiger partial charge in [-0.1, -0.05) is 48.1 Å². The Morgan fingerprint density at radius 2 is 2.06 bits per heavy atom. The van der Waals surface area contributed by atoms with Crippen molar-refractivity contribution in [1.29, 1.82) is 5.26 Å². The zero-order valence-electron chi connectivity index (χ0n) is 18.5. The third-order valence-corrected chi connectivity index (χ3v) is 6.35. The molecule has 1 saturated heterocycles. The molecule has 0 bridgehead atoms. The standard InChI is InChI=1S/C23H26N6OS.ClH/c1-4-18-19(14-30-3)26-22(27-21(18)28-23-25-13-17(12-24)31-23)29-11-5-6-20(29)16-9-7-15(2)8-10-16;/h7-10,13,20H,4-6,11,14H2,1-3H3,(H,25,26,27,28);1H/t20-;/m0./s1. The average Bonchev–Trinajstić information content (AvgIpc) is 3.44. The summed E-state index contributed by atoms with van der Waals surface area (Å²) in [6, 6.07) is 11.1. The van der Waals surface area contributed by atoms with Crippen LogP contribution in [-0.4, -0.2) is 28.6 Å². The number of nitrogens with one attached hydrogen (secondary N) is 1. The van der Waals surface area contributed by atoms with Crippen LogP contribution in [0.1, 0.15) is 53.1 Å². The second-order valence-electron chi connectivity index (χ2n) is 7.61. The molecule has 1 aliphatic heterocycles. The minimum absolute atomic E-state index is 0. The lowest BCUT2D eigenvalue weighted by molar-refractivity contribution is 0.180. The Balaban J connectivity index is 0.00000289. The highest BCUT2D eigenvalue weighted by Crippen LogP contribution is 2.36. The van der Waals surface area contributed by atoms with Crippen LogP contribution in [0, 0.1) is 18.3 Å². The Labute approximate surface area is 198 Å². The number of benzene rings is 1. The molecular formula is C23H27ClN6OS. The topological polar surface area (TPSA) is 87.0 Å². The lowest BCUT2D eigenvalue weighted by Gasteiger charge is -2.27. The molecule has 0 radical (unpaired) electrons. The van der Waals surface area contributed by atoms with Gasteiger partial charge in [-0.15, -0.1) is 12.4 Å². The van der Waals surface area contributed by atoms with Crippen LogP contribution in [0.5, 0.6) is 0 Å². The molecule has 1 fully saturated rings. The zero-order chi connectivity index (χ0) is 21.8. The fourth-order valence-electron chi connectivity index (χ4n) is 4.00. The van der Waals surface area contributed by atoms with Crippen LogP contribution in [-0.2, 0) is 17.8 Å². The van der Waals surface area contributed by atoms with Gasteiger partial charge in [-0.05, 0) is 31.7 Å². The summed E-state index contributed by atoms with van der Waals surface area (Å²) in [7, 11) is 1.68. The number of hydrogen-bond donors (Lipinski definition) is 1. The van der Waals surface area contributed by atoms with Gasteiger partial charge < -0.3 is 15.0 Å². The van der Waals surface area contributed by atoms with Gasteiger partial charge in [0.2, 0.25) is 5.95 Å². The first-order valence-corrected chi connectivity index (χ1v) is 11.3. The van der Waals surface area contributed by atoms with E-state index in [0.29, 0.717) is 22.6 Å². The zero-order valence-corrected chi connectivity index (χ0v) is 20.1. The van der Waals surface area contributed by atoms with Gasteiger partial charge in [0, 0.05) is 19.2 Å². The van der Waals surface area contributed by atoms with Gasteiger partial charge in [-0.25, -0.2) is 9.97 Å².